The molecule has 0 aromatic heterocycles. The molecule has 0 saturated carbocycles. The van der Waals surface area contributed by atoms with Gasteiger partial charge in [0.1, 0.15) is 0 Å². The van der Waals surface area contributed by atoms with Gasteiger partial charge in [0.05, 0.1) is 0 Å². The average molecular weight is 315 g/mol. The van der Waals surface area contributed by atoms with Gasteiger partial charge in [0.2, 0.25) is 0 Å². The van der Waals surface area contributed by atoms with Crippen molar-refractivity contribution < 1.29 is 9.90 Å². The summed E-state index contributed by atoms with van der Waals surface area (Å²) < 4.78 is 0.863. The monoisotopic (exact) mass is 315 g/mol. The molecule has 3 nitrogen and oxygen atoms in total. The van der Waals surface area contributed by atoms with Crippen LogP contribution in [-0.4, -0.2) is 27.9 Å². The van der Waals surface area contributed by atoms with Gasteiger partial charge in [-0.1, -0.05) is 0 Å². The summed E-state index contributed by atoms with van der Waals surface area (Å²) in [4.78, 5) is 12.1. The van der Waals surface area contributed by atoms with E-state index >= 15 is 0 Å². The number of amides is 1. The predicted octanol–water partition coefficient (Wildman–Crippen LogP) is 2.00. The Morgan fingerprint density at radius 2 is 2.00 bits per heavy atom. The van der Waals surface area contributed by atoms with Crippen molar-refractivity contribution >= 4 is 32.8 Å². The Hall–Kier alpha value is -1.73. The van der Waals surface area contributed by atoms with Gasteiger partial charge in [-0.05, 0) is 0 Å². The maximum atomic E-state index is 12.1. The molecular weight excluding hydrogens is 301 g/mol. The topological polar surface area (TPSA) is 49.3 Å². The standard InChI is InChI=1S/C15H14AsNO2/c1-2-10-7-8-11(9-14(10)18)17-15(19)12-5-3-4-6-13(12)16/h3-9,18H,2H2,1H3,(H,17,19). The Labute approximate surface area is 121 Å². The molecule has 1 amide bonds. The number of nitrogens with one attached hydrogen (secondary N) is 1. The van der Waals surface area contributed by atoms with Gasteiger partial charge in [0, 0.05) is 0 Å². The van der Waals surface area contributed by atoms with E-state index in [2.05, 4.69) is 22.2 Å². The quantitative estimate of drug-likeness (QED) is 0.851. The van der Waals surface area contributed by atoms with E-state index < -0.39 is 0 Å². The summed E-state index contributed by atoms with van der Waals surface area (Å²) in [6.45, 7) is 1.97. The molecule has 96 valence electrons. The summed E-state index contributed by atoms with van der Waals surface area (Å²) in [6, 6.07) is 12.5. The molecule has 2 radical (unpaired) electrons. The number of carbonyl (C=O) groups is 1. The molecule has 0 saturated heterocycles. The maximum absolute atomic E-state index is 12.1. The molecule has 0 aliphatic rings. The van der Waals surface area contributed by atoms with Crippen LogP contribution in [-0.2, 0) is 6.42 Å². The van der Waals surface area contributed by atoms with Crippen LogP contribution in [0.1, 0.15) is 22.8 Å². The van der Waals surface area contributed by atoms with Gasteiger partial charge >= 0.3 is 121 Å². The SMILES string of the molecule is CCc1ccc(NC(=O)c2ccccc2[As])cc1O. The first-order valence-corrected chi connectivity index (χ1v) is 6.97. The first-order chi connectivity index (χ1) is 9.11. The molecule has 2 aromatic carbocycles. The van der Waals surface area contributed by atoms with Crippen LogP contribution in [0.5, 0.6) is 5.75 Å². The van der Waals surface area contributed by atoms with E-state index in [1.165, 1.54) is 0 Å². The molecule has 2 aromatic rings. The number of hydrogen-bond acceptors (Lipinski definition) is 2. The number of phenolic OH excluding ortho intramolecular Hbond substituents is 1. The Bertz CT molecular complexity index is 611. The summed E-state index contributed by atoms with van der Waals surface area (Å²) >= 11 is 2.38. The molecule has 4 heteroatoms. The van der Waals surface area contributed by atoms with E-state index in [-0.39, 0.29) is 11.7 Å². The van der Waals surface area contributed by atoms with Crippen molar-refractivity contribution in [2.45, 2.75) is 13.3 Å². The zero-order valence-corrected chi connectivity index (χ0v) is 12.4. The van der Waals surface area contributed by atoms with Crippen molar-refractivity contribution in [2.75, 3.05) is 5.32 Å². The number of hydrogen-bond donors (Lipinski definition) is 2. The number of anilines is 1. The van der Waals surface area contributed by atoms with Crippen molar-refractivity contribution in [2.24, 2.45) is 0 Å². The molecule has 0 aliphatic carbocycles. The fourth-order valence-electron chi connectivity index (χ4n) is 1.80. The Morgan fingerprint density at radius 1 is 1.26 bits per heavy atom. The number of benzene rings is 2. The Kier molecular flexibility index (Phi) is 4.28. The van der Waals surface area contributed by atoms with Gasteiger partial charge in [-0.15, -0.1) is 0 Å². The van der Waals surface area contributed by atoms with Gasteiger partial charge in [0.25, 0.3) is 0 Å². The van der Waals surface area contributed by atoms with E-state index in [1.54, 1.807) is 18.2 Å². The molecule has 2 N–H and O–H groups in total. The minimum absolute atomic E-state index is 0.181. The molecule has 0 spiro atoms. The fourth-order valence-corrected chi connectivity index (χ4v) is 2.35. The number of carbonyl (C=O) groups excluding carboxylic acids is 1. The van der Waals surface area contributed by atoms with Gasteiger partial charge in [0.15, 0.2) is 0 Å². The third-order valence-electron chi connectivity index (χ3n) is 2.87. The summed E-state index contributed by atoms with van der Waals surface area (Å²) in [5.74, 6) is 0.0285. The average Bonchev–Trinajstić information content (AvgIpc) is 2.39. The summed E-state index contributed by atoms with van der Waals surface area (Å²) in [5.41, 5.74) is 2.07. The Morgan fingerprint density at radius 3 is 2.63 bits per heavy atom. The van der Waals surface area contributed by atoms with E-state index in [0.717, 1.165) is 16.3 Å². The normalized spacial score (nSPS) is 10.2. The number of rotatable bonds is 3. The van der Waals surface area contributed by atoms with Crippen molar-refractivity contribution in [3.05, 3.63) is 53.6 Å². The molecule has 0 aliphatic heterocycles. The fraction of sp³-hybridized carbons (Fsp3) is 0.133. The third kappa shape index (κ3) is 3.18. The van der Waals surface area contributed by atoms with Crippen LogP contribution in [0.25, 0.3) is 0 Å². The summed E-state index contributed by atoms with van der Waals surface area (Å²) in [5, 5.41) is 12.6. The molecule has 0 bridgehead atoms. The van der Waals surface area contributed by atoms with Crippen LogP contribution in [0.3, 0.4) is 0 Å². The molecule has 2 rings (SSSR count). The van der Waals surface area contributed by atoms with E-state index in [0.29, 0.717) is 11.3 Å². The number of aryl methyl sites for hydroxylation is 1. The van der Waals surface area contributed by atoms with E-state index in [9.17, 15) is 9.90 Å². The van der Waals surface area contributed by atoms with Crippen LogP contribution >= 0.6 is 0 Å². The van der Waals surface area contributed by atoms with Crippen molar-refractivity contribution in [1.29, 1.82) is 0 Å². The van der Waals surface area contributed by atoms with Crippen molar-refractivity contribution in [3.8, 4) is 5.75 Å². The van der Waals surface area contributed by atoms with Crippen LogP contribution < -0.4 is 9.67 Å². The third-order valence-corrected chi connectivity index (χ3v) is 3.69. The van der Waals surface area contributed by atoms with Gasteiger partial charge in [-0.25, -0.2) is 0 Å². The molecule has 19 heavy (non-hydrogen) atoms. The zero-order valence-electron chi connectivity index (χ0n) is 10.6. The predicted molar refractivity (Wildman–Crippen MR) is 77.3 cm³/mol. The first-order valence-electron chi connectivity index (χ1n) is 6.03. The first kappa shape index (κ1) is 13.7. The van der Waals surface area contributed by atoms with Crippen LogP contribution in [0, 0.1) is 0 Å². The number of phenols is 1. The molecule has 0 heterocycles. The minimum atomic E-state index is -0.181. The second-order valence-electron chi connectivity index (χ2n) is 4.17. The van der Waals surface area contributed by atoms with E-state index in [1.807, 2.05) is 31.2 Å². The summed E-state index contributed by atoms with van der Waals surface area (Å²) in [7, 11) is 0. The second-order valence-corrected chi connectivity index (χ2v) is 5.18. The molecular formula is C15H14AsNO2. The molecule has 0 fully saturated rings. The van der Waals surface area contributed by atoms with Crippen molar-refractivity contribution in [3.63, 3.8) is 0 Å². The zero-order chi connectivity index (χ0) is 13.8. The summed E-state index contributed by atoms with van der Waals surface area (Å²) in [6.07, 6.45) is 0.759. The second kappa shape index (κ2) is 5.94. The molecule has 0 unspecified atom stereocenters. The Balaban J connectivity index is 2.20. The van der Waals surface area contributed by atoms with Gasteiger partial charge in [-0.2, -0.15) is 0 Å². The van der Waals surface area contributed by atoms with E-state index in [4.69, 9.17) is 0 Å². The number of aromatic hydroxyl groups is 1. The van der Waals surface area contributed by atoms with Crippen molar-refractivity contribution in [1.82, 2.24) is 0 Å². The van der Waals surface area contributed by atoms with Crippen LogP contribution in [0.4, 0.5) is 5.69 Å². The van der Waals surface area contributed by atoms with Crippen LogP contribution in [0.15, 0.2) is 42.5 Å². The van der Waals surface area contributed by atoms with Gasteiger partial charge < -0.3 is 0 Å². The van der Waals surface area contributed by atoms with Gasteiger partial charge in [-0.3, -0.25) is 0 Å². The van der Waals surface area contributed by atoms with Crippen LogP contribution in [0.2, 0.25) is 0 Å². The molecule has 0 atom stereocenters.